The van der Waals surface area contributed by atoms with Crippen LogP contribution in [0.15, 0.2) is 30.4 Å². The molecule has 2 rings (SSSR count). The van der Waals surface area contributed by atoms with E-state index in [1.54, 1.807) is 18.2 Å². The number of ether oxygens (including phenoxy) is 1. The van der Waals surface area contributed by atoms with Gasteiger partial charge in [-0.1, -0.05) is 23.7 Å². The van der Waals surface area contributed by atoms with E-state index in [4.69, 9.17) is 16.3 Å². The summed E-state index contributed by atoms with van der Waals surface area (Å²) in [5, 5.41) is 10.2. The van der Waals surface area contributed by atoms with Crippen LogP contribution in [0.1, 0.15) is 11.5 Å². The number of ketones is 1. The second-order valence-electron chi connectivity index (χ2n) is 3.59. The standard InChI is InChI=1S/C12H11ClO3/c1-16-10-4-2-3-7(13)11(10)12-8(14)5-6-9(12)15/h2-6,8,12,14H,1H3. The molecule has 0 fully saturated rings. The third-order valence-electron chi connectivity index (χ3n) is 2.65. The highest BCUT2D eigenvalue weighted by Crippen LogP contribution is 2.38. The van der Waals surface area contributed by atoms with Crippen molar-refractivity contribution in [1.82, 2.24) is 0 Å². The normalized spacial score (nSPS) is 23.8. The zero-order valence-electron chi connectivity index (χ0n) is 8.68. The minimum absolute atomic E-state index is 0.154. The summed E-state index contributed by atoms with van der Waals surface area (Å²) in [4.78, 5) is 11.6. The van der Waals surface area contributed by atoms with Crippen molar-refractivity contribution in [3.63, 3.8) is 0 Å². The maximum atomic E-state index is 11.6. The molecule has 4 heteroatoms. The third-order valence-corrected chi connectivity index (χ3v) is 2.98. The molecule has 0 radical (unpaired) electrons. The van der Waals surface area contributed by atoms with E-state index in [1.807, 2.05) is 0 Å². The number of allylic oxidation sites excluding steroid dienone is 1. The average molecular weight is 239 g/mol. The molecule has 84 valence electrons. The number of aliphatic hydroxyl groups excluding tert-OH is 1. The van der Waals surface area contributed by atoms with E-state index in [1.165, 1.54) is 19.3 Å². The van der Waals surface area contributed by atoms with Crippen LogP contribution in [-0.2, 0) is 4.79 Å². The number of carbonyl (C=O) groups is 1. The number of rotatable bonds is 2. The van der Waals surface area contributed by atoms with Crippen LogP contribution in [0.5, 0.6) is 5.75 Å². The molecule has 0 spiro atoms. The van der Waals surface area contributed by atoms with Crippen LogP contribution in [0, 0.1) is 0 Å². The van der Waals surface area contributed by atoms with E-state index in [0.29, 0.717) is 16.3 Å². The second-order valence-corrected chi connectivity index (χ2v) is 3.99. The van der Waals surface area contributed by atoms with Crippen molar-refractivity contribution in [1.29, 1.82) is 0 Å². The second kappa shape index (κ2) is 4.28. The quantitative estimate of drug-likeness (QED) is 0.857. The molecule has 0 amide bonds. The molecule has 1 aromatic carbocycles. The summed E-state index contributed by atoms with van der Waals surface area (Å²) in [6.07, 6.45) is 2.01. The van der Waals surface area contributed by atoms with Crippen LogP contribution >= 0.6 is 11.6 Å². The van der Waals surface area contributed by atoms with Crippen molar-refractivity contribution < 1.29 is 14.6 Å². The topological polar surface area (TPSA) is 46.5 Å². The van der Waals surface area contributed by atoms with E-state index < -0.39 is 12.0 Å². The summed E-state index contributed by atoms with van der Waals surface area (Å²) in [7, 11) is 1.51. The van der Waals surface area contributed by atoms with Gasteiger partial charge < -0.3 is 9.84 Å². The van der Waals surface area contributed by atoms with Crippen LogP contribution in [0.25, 0.3) is 0 Å². The Kier molecular flexibility index (Phi) is 2.99. The van der Waals surface area contributed by atoms with Crippen molar-refractivity contribution in [2.45, 2.75) is 12.0 Å². The molecule has 3 nitrogen and oxygen atoms in total. The van der Waals surface area contributed by atoms with Gasteiger partial charge in [-0.3, -0.25) is 4.79 Å². The molecule has 1 aromatic rings. The first-order chi connectivity index (χ1) is 7.65. The molecule has 16 heavy (non-hydrogen) atoms. The van der Waals surface area contributed by atoms with Crippen molar-refractivity contribution >= 4 is 17.4 Å². The van der Waals surface area contributed by atoms with Crippen LogP contribution in [0.3, 0.4) is 0 Å². The Bertz CT molecular complexity index is 454. The lowest BCUT2D eigenvalue weighted by atomic mass is 9.93. The summed E-state index contributed by atoms with van der Waals surface area (Å²) < 4.78 is 5.16. The molecule has 0 aromatic heterocycles. The molecule has 0 saturated carbocycles. The number of hydrogen-bond donors (Lipinski definition) is 1. The number of halogens is 1. The number of hydrogen-bond acceptors (Lipinski definition) is 3. The number of carbonyl (C=O) groups excluding carboxylic acids is 1. The minimum atomic E-state index is -0.832. The van der Waals surface area contributed by atoms with Crippen LogP contribution in [-0.4, -0.2) is 24.1 Å². The molecule has 2 atom stereocenters. The zero-order valence-corrected chi connectivity index (χ0v) is 9.44. The SMILES string of the molecule is COc1cccc(Cl)c1C1C(=O)C=CC1O. The van der Waals surface area contributed by atoms with E-state index in [9.17, 15) is 9.90 Å². The monoisotopic (exact) mass is 238 g/mol. The molecule has 1 aliphatic rings. The van der Waals surface area contributed by atoms with Gasteiger partial charge in [-0.2, -0.15) is 0 Å². The smallest absolute Gasteiger partial charge is 0.166 e. The van der Waals surface area contributed by atoms with Gasteiger partial charge in [-0.25, -0.2) is 0 Å². The Labute approximate surface area is 98.3 Å². The van der Waals surface area contributed by atoms with E-state index >= 15 is 0 Å². The van der Waals surface area contributed by atoms with Crippen LogP contribution in [0.4, 0.5) is 0 Å². The van der Waals surface area contributed by atoms with E-state index in [-0.39, 0.29) is 5.78 Å². The molecule has 0 heterocycles. The van der Waals surface area contributed by atoms with Crippen LogP contribution in [0.2, 0.25) is 5.02 Å². The van der Waals surface area contributed by atoms with Crippen molar-refractivity contribution in [2.24, 2.45) is 0 Å². The third kappa shape index (κ3) is 1.72. The molecule has 0 aliphatic heterocycles. The van der Waals surface area contributed by atoms with Crippen LogP contribution < -0.4 is 4.74 Å². The molecule has 2 unspecified atom stereocenters. The van der Waals surface area contributed by atoms with E-state index in [2.05, 4.69) is 0 Å². The Balaban J connectivity index is 2.51. The summed E-state index contributed by atoms with van der Waals surface area (Å²) in [6, 6.07) is 5.14. The molecular weight excluding hydrogens is 228 g/mol. The van der Waals surface area contributed by atoms with Gasteiger partial charge in [0.05, 0.1) is 19.1 Å². The summed E-state index contributed by atoms with van der Waals surface area (Å²) in [6.45, 7) is 0. The molecule has 1 aliphatic carbocycles. The van der Waals surface area contributed by atoms with Gasteiger partial charge >= 0.3 is 0 Å². The lowest BCUT2D eigenvalue weighted by Gasteiger charge is -2.18. The van der Waals surface area contributed by atoms with Gasteiger partial charge in [0.15, 0.2) is 5.78 Å². The average Bonchev–Trinajstić information content (AvgIpc) is 2.59. The van der Waals surface area contributed by atoms with Gasteiger partial charge in [0.2, 0.25) is 0 Å². The minimum Gasteiger partial charge on any atom is -0.496 e. The Morgan fingerprint density at radius 1 is 1.44 bits per heavy atom. The Morgan fingerprint density at radius 2 is 2.19 bits per heavy atom. The van der Waals surface area contributed by atoms with Crippen molar-refractivity contribution in [2.75, 3.05) is 7.11 Å². The largest absolute Gasteiger partial charge is 0.496 e. The molecule has 0 bridgehead atoms. The van der Waals surface area contributed by atoms with Gasteiger partial charge in [0.1, 0.15) is 5.75 Å². The molecule has 0 saturated heterocycles. The number of aliphatic hydroxyl groups is 1. The van der Waals surface area contributed by atoms with Crippen molar-refractivity contribution in [3.05, 3.63) is 40.9 Å². The zero-order chi connectivity index (χ0) is 11.7. The lowest BCUT2D eigenvalue weighted by Crippen LogP contribution is -2.19. The first-order valence-electron chi connectivity index (χ1n) is 4.87. The molecule has 1 N–H and O–H groups in total. The van der Waals surface area contributed by atoms with Gasteiger partial charge in [0.25, 0.3) is 0 Å². The number of methoxy groups -OCH3 is 1. The predicted octanol–water partition coefficient (Wildman–Crippen LogP) is 1.93. The predicted molar refractivity (Wildman–Crippen MR) is 60.9 cm³/mol. The highest BCUT2D eigenvalue weighted by atomic mass is 35.5. The van der Waals surface area contributed by atoms with Gasteiger partial charge in [-0.05, 0) is 18.2 Å². The fourth-order valence-electron chi connectivity index (χ4n) is 1.89. The Hall–Kier alpha value is -1.32. The summed E-state index contributed by atoms with van der Waals surface area (Å²) in [5.41, 5.74) is 0.550. The highest BCUT2D eigenvalue weighted by molar-refractivity contribution is 6.32. The fraction of sp³-hybridized carbons (Fsp3) is 0.250. The lowest BCUT2D eigenvalue weighted by molar-refractivity contribution is -0.116. The maximum Gasteiger partial charge on any atom is 0.166 e. The summed E-state index contributed by atoms with van der Waals surface area (Å²) in [5.74, 6) is -0.281. The maximum absolute atomic E-state index is 11.6. The first kappa shape index (κ1) is 11.2. The van der Waals surface area contributed by atoms with Gasteiger partial charge in [-0.15, -0.1) is 0 Å². The highest BCUT2D eigenvalue weighted by Gasteiger charge is 2.33. The van der Waals surface area contributed by atoms with Gasteiger partial charge in [0, 0.05) is 10.6 Å². The molecular formula is C12H11ClO3. The van der Waals surface area contributed by atoms with E-state index in [0.717, 1.165) is 0 Å². The fourth-order valence-corrected chi connectivity index (χ4v) is 2.17. The first-order valence-corrected chi connectivity index (χ1v) is 5.25. The van der Waals surface area contributed by atoms with Crippen molar-refractivity contribution in [3.8, 4) is 5.75 Å². The Morgan fingerprint density at radius 3 is 2.75 bits per heavy atom. The number of benzene rings is 1. The summed E-state index contributed by atoms with van der Waals surface area (Å²) >= 11 is 6.05.